The number of hydrogen-bond donors (Lipinski definition) is 0. The molecule has 0 saturated heterocycles. The molecule has 4 fully saturated rings. The van der Waals surface area contributed by atoms with Crippen molar-refractivity contribution >= 4 is 0 Å². The highest BCUT2D eigenvalue weighted by molar-refractivity contribution is 5.11. The van der Waals surface area contributed by atoms with E-state index in [4.69, 9.17) is 0 Å². The van der Waals surface area contributed by atoms with E-state index in [0.717, 1.165) is 36.0 Å². The fraction of sp³-hybridized carbons (Fsp3) is 0.966. The number of nitrogens with zero attached hydrogens (tertiary/aromatic N) is 1. The van der Waals surface area contributed by atoms with Crippen molar-refractivity contribution < 1.29 is 0 Å². The van der Waals surface area contributed by atoms with Gasteiger partial charge in [0, 0.05) is 5.92 Å². The maximum Gasteiger partial charge on any atom is 0.0658 e. The van der Waals surface area contributed by atoms with Crippen molar-refractivity contribution in [2.45, 2.75) is 125 Å². The Morgan fingerprint density at radius 3 is 2.37 bits per heavy atom. The third kappa shape index (κ3) is 4.50. The zero-order valence-corrected chi connectivity index (χ0v) is 21.2. The van der Waals surface area contributed by atoms with Gasteiger partial charge in [0.25, 0.3) is 0 Å². The summed E-state index contributed by atoms with van der Waals surface area (Å²) >= 11 is 0. The molecule has 4 rings (SSSR count). The van der Waals surface area contributed by atoms with Crippen LogP contribution in [0.15, 0.2) is 0 Å². The lowest BCUT2D eigenvalue weighted by Crippen LogP contribution is -2.52. The molecule has 4 aliphatic rings. The molecule has 0 aromatic carbocycles. The van der Waals surface area contributed by atoms with Crippen LogP contribution in [0.1, 0.15) is 125 Å². The minimum atomic E-state index is 0.317. The molecule has 8 atom stereocenters. The highest BCUT2D eigenvalue weighted by Crippen LogP contribution is 2.68. The summed E-state index contributed by atoms with van der Waals surface area (Å²) < 4.78 is 0. The molecule has 1 heteroatoms. The molecule has 4 saturated carbocycles. The fourth-order valence-corrected chi connectivity index (χ4v) is 9.04. The Bertz CT molecular complexity index is 588. The van der Waals surface area contributed by atoms with Gasteiger partial charge in [-0.25, -0.2) is 0 Å². The van der Waals surface area contributed by atoms with Gasteiger partial charge in [-0.3, -0.25) is 0 Å². The maximum absolute atomic E-state index is 10.1. The fourth-order valence-electron chi connectivity index (χ4n) is 9.04. The second kappa shape index (κ2) is 9.96. The summed E-state index contributed by atoms with van der Waals surface area (Å²) in [5.74, 6) is 5.71. The van der Waals surface area contributed by atoms with Crippen LogP contribution in [-0.4, -0.2) is 0 Å². The third-order valence-corrected chi connectivity index (χ3v) is 10.3. The zero-order chi connectivity index (χ0) is 21.9. The van der Waals surface area contributed by atoms with Gasteiger partial charge < -0.3 is 0 Å². The van der Waals surface area contributed by atoms with E-state index >= 15 is 0 Å². The van der Waals surface area contributed by atoms with E-state index in [9.17, 15) is 5.26 Å². The zero-order valence-electron chi connectivity index (χ0n) is 21.2. The standard InChI is InChI=1S/C27H45N.C2H6/c1-19(2)8-5-6-10-21(18-28)23-11-12-25-22-16-20-9-7-14-26(3,17-20)24(22)13-15-27(23,25)4;1-2/h19-25H,5-17H2,1-4H3;1-2H3. The summed E-state index contributed by atoms with van der Waals surface area (Å²) in [7, 11) is 0. The molecule has 30 heavy (non-hydrogen) atoms. The minimum Gasteiger partial charge on any atom is -0.198 e. The van der Waals surface area contributed by atoms with Crippen LogP contribution in [0.2, 0.25) is 0 Å². The average Bonchev–Trinajstić information content (AvgIpc) is 3.07. The first-order chi connectivity index (χ1) is 14.4. The molecular formula is C29H51N. The number of fused-ring (bicyclic) bond motifs is 6. The molecular weight excluding hydrogens is 362 g/mol. The van der Waals surface area contributed by atoms with E-state index in [2.05, 4.69) is 33.8 Å². The summed E-state index contributed by atoms with van der Waals surface area (Å²) in [5.41, 5.74) is 1.11. The molecule has 0 radical (unpaired) electrons. The summed E-state index contributed by atoms with van der Waals surface area (Å²) in [6.07, 6.45) is 18.2. The molecule has 1 nitrogen and oxygen atoms in total. The van der Waals surface area contributed by atoms with Crippen molar-refractivity contribution in [1.82, 2.24) is 0 Å². The molecule has 0 spiro atoms. The second-order valence-corrected chi connectivity index (χ2v) is 12.4. The van der Waals surface area contributed by atoms with Gasteiger partial charge >= 0.3 is 0 Å². The van der Waals surface area contributed by atoms with Gasteiger partial charge in [0.15, 0.2) is 0 Å². The smallest absolute Gasteiger partial charge is 0.0658 e. The molecule has 8 unspecified atom stereocenters. The number of nitriles is 1. The molecule has 2 bridgehead atoms. The quantitative estimate of drug-likeness (QED) is 0.398. The van der Waals surface area contributed by atoms with E-state index in [1.54, 1.807) is 0 Å². The van der Waals surface area contributed by atoms with Gasteiger partial charge in [0.2, 0.25) is 0 Å². The predicted octanol–water partition coefficient (Wildman–Crippen LogP) is 9.03. The van der Waals surface area contributed by atoms with Crippen molar-refractivity contribution in [1.29, 1.82) is 5.26 Å². The summed E-state index contributed by atoms with van der Waals surface area (Å²) in [6, 6.07) is 2.81. The van der Waals surface area contributed by atoms with Crippen molar-refractivity contribution in [3.05, 3.63) is 0 Å². The molecule has 0 aromatic heterocycles. The van der Waals surface area contributed by atoms with Crippen LogP contribution in [0, 0.1) is 63.6 Å². The topological polar surface area (TPSA) is 23.8 Å². The Balaban J connectivity index is 0.00000124. The number of unbranched alkanes of at least 4 members (excludes halogenated alkanes) is 1. The van der Waals surface area contributed by atoms with Crippen LogP contribution in [-0.2, 0) is 0 Å². The van der Waals surface area contributed by atoms with Gasteiger partial charge in [-0.15, -0.1) is 0 Å². The first kappa shape index (κ1) is 24.1. The van der Waals surface area contributed by atoms with E-state index in [1.165, 1.54) is 77.0 Å². The Kier molecular flexibility index (Phi) is 8.02. The molecule has 0 aromatic rings. The largest absolute Gasteiger partial charge is 0.198 e. The third-order valence-electron chi connectivity index (χ3n) is 10.3. The first-order valence-corrected chi connectivity index (χ1v) is 13.8. The van der Waals surface area contributed by atoms with Crippen molar-refractivity contribution in [3.63, 3.8) is 0 Å². The molecule has 0 aliphatic heterocycles. The highest BCUT2D eigenvalue weighted by atomic mass is 14.6. The van der Waals surface area contributed by atoms with Crippen molar-refractivity contribution in [2.75, 3.05) is 0 Å². The molecule has 0 heterocycles. The van der Waals surface area contributed by atoms with Crippen LogP contribution in [0.3, 0.4) is 0 Å². The Morgan fingerprint density at radius 1 is 0.933 bits per heavy atom. The molecule has 0 N–H and O–H groups in total. The van der Waals surface area contributed by atoms with Crippen LogP contribution >= 0.6 is 0 Å². The Morgan fingerprint density at radius 2 is 1.67 bits per heavy atom. The number of hydrogen-bond acceptors (Lipinski definition) is 1. The van der Waals surface area contributed by atoms with E-state index in [1.807, 2.05) is 13.8 Å². The number of rotatable bonds is 6. The lowest BCUT2D eigenvalue weighted by molar-refractivity contribution is -0.106. The van der Waals surface area contributed by atoms with Crippen molar-refractivity contribution in [2.24, 2.45) is 52.3 Å². The van der Waals surface area contributed by atoms with Gasteiger partial charge in [-0.1, -0.05) is 73.6 Å². The van der Waals surface area contributed by atoms with Crippen LogP contribution in [0.25, 0.3) is 0 Å². The highest BCUT2D eigenvalue weighted by Gasteiger charge is 2.60. The lowest BCUT2D eigenvalue weighted by atomic mass is 9.45. The first-order valence-electron chi connectivity index (χ1n) is 13.8. The van der Waals surface area contributed by atoms with Crippen LogP contribution in [0.5, 0.6) is 0 Å². The van der Waals surface area contributed by atoms with E-state index in [0.29, 0.717) is 22.7 Å². The monoisotopic (exact) mass is 413 g/mol. The van der Waals surface area contributed by atoms with E-state index < -0.39 is 0 Å². The second-order valence-electron chi connectivity index (χ2n) is 12.4. The van der Waals surface area contributed by atoms with Gasteiger partial charge in [0.05, 0.1) is 6.07 Å². The van der Waals surface area contributed by atoms with Gasteiger partial charge in [-0.2, -0.15) is 5.26 Å². The normalized spacial score (nSPS) is 43.1. The summed E-state index contributed by atoms with van der Waals surface area (Å²) in [5, 5.41) is 10.1. The average molecular weight is 414 g/mol. The van der Waals surface area contributed by atoms with Crippen LogP contribution < -0.4 is 0 Å². The molecule has 4 aliphatic carbocycles. The van der Waals surface area contributed by atoms with E-state index in [-0.39, 0.29) is 0 Å². The van der Waals surface area contributed by atoms with Gasteiger partial charge in [-0.05, 0) is 97.7 Å². The van der Waals surface area contributed by atoms with Gasteiger partial charge in [0.1, 0.15) is 0 Å². The van der Waals surface area contributed by atoms with Crippen molar-refractivity contribution in [3.8, 4) is 6.07 Å². The predicted molar refractivity (Wildman–Crippen MR) is 129 cm³/mol. The SMILES string of the molecule is CC.CC(C)CCCCC(C#N)C1CCC2C3CC4CCCC(C)(C4)C3CCC12C. The maximum atomic E-state index is 10.1. The Hall–Kier alpha value is -0.510. The molecule has 0 amide bonds. The summed E-state index contributed by atoms with van der Waals surface area (Å²) in [6.45, 7) is 13.9. The van der Waals surface area contributed by atoms with Crippen LogP contribution in [0.4, 0.5) is 0 Å². The lowest BCUT2D eigenvalue weighted by Gasteiger charge is -2.60. The summed E-state index contributed by atoms with van der Waals surface area (Å²) in [4.78, 5) is 0. The Labute approximate surface area is 188 Å². The minimum absolute atomic E-state index is 0.317. The molecule has 172 valence electrons.